The summed E-state index contributed by atoms with van der Waals surface area (Å²) >= 11 is 0. The second-order valence-electron chi connectivity index (χ2n) is 5.07. The Morgan fingerprint density at radius 1 is 1.05 bits per heavy atom. The molecule has 0 amide bonds. The Kier molecular flexibility index (Phi) is 4.58. The third-order valence-electron chi connectivity index (χ3n) is 3.71. The molecule has 0 bridgehead atoms. The fourth-order valence-electron chi connectivity index (χ4n) is 2.63. The van der Waals surface area contributed by atoms with Gasteiger partial charge in [-0.15, -0.1) is 0 Å². The van der Waals surface area contributed by atoms with E-state index < -0.39 is 27.0 Å². The first-order chi connectivity index (χ1) is 9.03. The summed E-state index contributed by atoms with van der Waals surface area (Å²) in [6, 6.07) is 5.38. The molecular formula is C14H19FO3S. The van der Waals surface area contributed by atoms with E-state index in [4.69, 9.17) is 0 Å². The van der Waals surface area contributed by atoms with Gasteiger partial charge in [0.05, 0.1) is 11.4 Å². The van der Waals surface area contributed by atoms with Crippen molar-refractivity contribution in [3.05, 3.63) is 30.1 Å². The van der Waals surface area contributed by atoms with Crippen LogP contribution in [0.2, 0.25) is 0 Å². The van der Waals surface area contributed by atoms with Crippen molar-refractivity contribution in [1.82, 2.24) is 0 Å². The molecule has 3 nitrogen and oxygen atoms in total. The lowest BCUT2D eigenvalue weighted by molar-refractivity contribution is 0.144. The fraction of sp³-hybridized carbons (Fsp3) is 0.571. The summed E-state index contributed by atoms with van der Waals surface area (Å²) in [4.78, 5) is -0.292. The van der Waals surface area contributed by atoms with E-state index in [0.717, 1.165) is 31.7 Å². The van der Waals surface area contributed by atoms with Crippen LogP contribution in [0.5, 0.6) is 0 Å². The molecule has 106 valence electrons. The Hall–Kier alpha value is -0.940. The minimum Gasteiger partial charge on any atom is -0.392 e. The summed E-state index contributed by atoms with van der Waals surface area (Å²) in [5, 5.41) is 9.18. The Bertz CT molecular complexity index is 527. The van der Waals surface area contributed by atoms with E-state index >= 15 is 0 Å². The summed E-state index contributed by atoms with van der Waals surface area (Å²) in [5.74, 6) is -0.739. The molecule has 19 heavy (non-hydrogen) atoms. The smallest absolute Gasteiger partial charge is 0.186 e. The number of hydrogen-bond donors (Lipinski definition) is 1. The van der Waals surface area contributed by atoms with Crippen molar-refractivity contribution in [2.75, 3.05) is 0 Å². The van der Waals surface area contributed by atoms with Crippen LogP contribution in [0.3, 0.4) is 0 Å². The van der Waals surface area contributed by atoms with Crippen LogP contribution >= 0.6 is 0 Å². The van der Waals surface area contributed by atoms with Crippen molar-refractivity contribution in [2.45, 2.75) is 54.8 Å². The SMILES string of the molecule is O=S(=O)(c1ccccc1F)C1CCCCCCC1O. The highest BCUT2D eigenvalue weighted by Crippen LogP contribution is 2.28. The highest BCUT2D eigenvalue weighted by atomic mass is 32.2. The first-order valence-corrected chi connectivity index (χ1v) is 8.24. The monoisotopic (exact) mass is 286 g/mol. The topological polar surface area (TPSA) is 54.4 Å². The Labute approximate surface area is 113 Å². The number of benzene rings is 1. The first-order valence-electron chi connectivity index (χ1n) is 6.70. The number of aliphatic hydroxyl groups is 1. The van der Waals surface area contributed by atoms with E-state index in [2.05, 4.69) is 0 Å². The zero-order valence-corrected chi connectivity index (χ0v) is 11.6. The molecule has 1 aliphatic carbocycles. The van der Waals surface area contributed by atoms with E-state index in [-0.39, 0.29) is 4.90 Å². The lowest BCUT2D eigenvalue weighted by Crippen LogP contribution is -2.35. The molecule has 0 aliphatic heterocycles. The van der Waals surface area contributed by atoms with Crippen LogP contribution < -0.4 is 0 Å². The van der Waals surface area contributed by atoms with Gasteiger partial charge in [-0.25, -0.2) is 12.8 Å². The van der Waals surface area contributed by atoms with Crippen LogP contribution in [0, 0.1) is 5.82 Å². The molecule has 1 aliphatic rings. The molecule has 2 atom stereocenters. The number of aliphatic hydroxyl groups excluding tert-OH is 1. The maximum atomic E-state index is 13.7. The molecule has 0 radical (unpaired) electrons. The van der Waals surface area contributed by atoms with Gasteiger partial charge in [0.1, 0.15) is 10.7 Å². The molecule has 1 N–H and O–H groups in total. The number of sulfone groups is 1. The lowest BCUT2D eigenvalue weighted by atomic mass is 9.98. The minimum atomic E-state index is -3.81. The summed E-state index contributed by atoms with van der Waals surface area (Å²) in [6.45, 7) is 0. The maximum absolute atomic E-state index is 13.7. The third-order valence-corrected chi connectivity index (χ3v) is 6.00. The van der Waals surface area contributed by atoms with Gasteiger partial charge < -0.3 is 5.11 Å². The fourth-order valence-corrected chi connectivity index (χ4v) is 4.59. The quantitative estimate of drug-likeness (QED) is 0.909. The van der Waals surface area contributed by atoms with Gasteiger partial charge in [0.25, 0.3) is 0 Å². The Morgan fingerprint density at radius 3 is 2.37 bits per heavy atom. The van der Waals surface area contributed by atoms with Gasteiger partial charge in [0.15, 0.2) is 9.84 Å². The van der Waals surface area contributed by atoms with Crippen LogP contribution in [0.25, 0.3) is 0 Å². The predicted molar refractivity (Wildman–Crippen MR) is 71.1 cm³/mol. The third kappa shape index (κ3) is 3.15. The average Bonchev–Trinajstić information content (AvgIpc) is 2.34. The van der Waals surface area contributed by atoms with E-state index in [1.165, 1.54) is 18.2 Å². The molecule has 5 heteroatoms. The standard InChI is InChI=1S/C14H19FO3S/c15-11-7-5-6-9-13(11)19(17,18)14-10-4-2-1-3-8-12(14)16/h5-7,9,12,14,16H,1-4,8,10H2. The first kappa shape index (κ1) is 14.5. The number of hydrogen-bond acceptors (Lipinski definition) is 3. The normalized spacial score (nSPS) is 25.6. The molecule has 2 unspecified atom stereocenters. The van der Waals surface area contributed by atoms with Gasteiger partial charge in [-0.05, 0) is 25.0 Å². The molecule has 0 saturated heterocycles. The van der Waals surface area contributed by atoms with Crippen molar-refractivity contribution in [3.63, 3.8) is 0 Å². The number of halogens is 1. The van der Waals surface area contributed by atoms with Crippen molar-refractivity contribution >= 4 is 9.84 Å². The van der Waals surface area contributed by atoms with E-state index in [0.29, 0.717) is 12.8 Å². The van der Waals surface area contributed by atoms with Crippen LogP contribution in [-0.4, -0.2) is 24.9 Å². The highest BCUT2D eigenvalue weighted by molar-refractivity contribution is 7.92. The van der Waals surface area contributed by atoms with Gasteiger partial charge in [-0.2, -0.15) is 0 Å². The maximum Gasteiger partial charge on any atom is 0.186 e. The Balaban J connectivity index is 2.34. The molecule has 1 aromatic rings. The van der Waals surface area contributed by atoms with Gasteiger partial charge >= 0.3 is 0 Å². The van der Waals surface area contributed by atoms with Crippen molar-refractivity contribution in [3.8, 4) is 0 Å². The zero-order valence-electron chi connectivity index (χ0n) is 10.8. The summed E-state index contributed by atoms with van der Waals surface area (Å²) in [5.41, 5.74) is 0. The Morgan fingerprint density at radius 2 is 1.68 bits per heavy atom. The van der Waals surface area contributed by atoms with Crippen molar-refractivity contribution < 1.29 is 17.9 Å². The van der Waals surface area contributed by atoms with E-state index in [1.54, 1.807) is 0 Å². The summed E-state index contributed by atoms with van der Waals surface area (Å²) < 4.78 is 38.7. The molecule has 0 aromatic heterocycles. The van der Waals surface area contributed by atoms with E-state index in [1.807, 2.05) is 0 Å². The molecule has 1 fully saturated rings. The lowest BCUT2D eigenvalue weighted by Gasteiger charge is -2.25. The molecule has 0 spiro atoms. The van der Waals surface area contributed by atoms with Crippen LogP contribution in [0.15, 0.2) is 29.2 Å². The molecular weight excluding hydrogens is 267 g/mol. The van der Waals surface area contributed by atoms with Crippen LogP contribution in [0.1, 0.15) is 38.5 Å². The zero-order chi connectivity index (χ0) is 13.9. The average molecular weight is 286 g/mol. The predicted octanol–water partition coefficient (Wildman–Crippen LogP) is 2.68. The molecule has 1 saturated carbocycles. The number of rotatable bonds is 2. The van der Waals surface area contributed by atoms with Gasteiger partial charge in [0, 0.05) is 0 Å². The molecule has 2 rings (SSSR count). The van der Waals surface area contributed by atoms with Crippen LogP contribution in [0.4, 0.5) is 4.39 Å². The summed E-state index contributed by atoms with van der Waals surface area (Å²) in [6.07, 6.45) is 3.54. The molecule has 1 aromatic carbocycles. The second kappa shape index (κ2) is 6.01. The van der Waals surface area contributed by atoms with Gasteiger partial charge in [0.2, 0.25) is 0 Å². The summed E-state index contributed by atoms with van der Waals surface area (Å²) in [7, 11) is -3.81. The van der Waals surface area contributed by atoms with Crippen LogP contribution in [-0.2, 0) is 9.84 Å². The van der Waals surface area contributed by atoms with Gasteiger partial charge in [-0.3, -0.25) is 0 Å². The highest BCUT2D eigenvalue weighted by Gasteiger charge is 2.35. The van der Waals surface area contributed by atoms with Crippen molar-refractivity contribution in [2.24, 2.45) is 0 Å². The largest absolute Gasteiger partial charge is 0.392 e. The molecule has 0 heterocycles. The second-order valence-corrected chi connectivity index (χ2v) is 7.21. The van der Waals surface area contributed by atoms with E-state index in [9.17, 15) is 17.9 Å². The van der Waals surface area contributed by atoms with Gasteiger partial charge in [-0.1, -0.05) is 37.8 Å². The van der Waals surface area contributed by atoms with Crippen molar-refractivity contribution in [1.29, 1.82) is 0 Å². The minimum absolute atomic E-state index is 0.292.